The van der Waals surface area contributed by atoms with Gasteiger partial charge in [0.15, 0.2) is 11.9 Å². The summed E-state index contributed by atoms with van der Waals surface area (Å²) >= 11 is 0. The van der Waals surface area contributed by atoms with Crippen LogP contribution in [-0.4, -0.2) is 55.7 Å². The van der Waals surface area contributed by atoms with Crippen LogP contribution in [0.3, 0.4) is 0 Å². The maximum absolute atomic E-state index is 15.3. The predicted molar refractivity (Wildman–Crippen MR) is 179 cm³/mol. The molecule has 0 fully saturated rings. The molecule has 0 aliphatic heterocycles. The zero-order chi connectivity index (χ0) is 32.6. The van der Waals surface area contributed by atoms with Gasteiger partial charge in [-0.15, -0.1) is 0 Å². The van der Waals surface area contributed by atoms with Crippen LogP contribution in [0.4, 0.5) is 10.3 Å². The molecule has 0 aliphatic rings. The molecule has 0 bridgehead atoms. The quantitative estimate of drug-likeness (QED) is 0.0666. The number of fused-ring (bicyclic) bond motifs is 1. The summed E-state index contributed by atoms with van der Waals surface area (Å²) in [6, 6.07) is 13.2. The molecular formula is C33H41FN10O2. The molecule has 0 saturated carbocycles. The number of benzene rings is 2. The highest BCUT2D eigenvalue weighted by Gasteiger charge is 2.15. The molecule has 2 aromatic carbocycles. The van der Waals surface area contributed by atoms with E-state index < -0.39 is 5.69 Å². The van der Waals surface area contributed by atoms with Crippen LogP contribution in [0.2, 0.25) is 0 Å². The molecule has 0 amide bonds. The van der Waals surface area contributed by atoms with Gasteiger partial charge in [-0.3, -0.25) is 9.98 Å². The molecule has 46 heavy (non-hydrogen) atoms. The van der Waals surface area contributed by atoms with Crippen LogP contribution in [-0.2, 0) is 17.8 Å². The van der Waals surface area contributed by atoms with E-state index in [0.29, 0.717) is 65.6 Å². The number of guanidine groups is 1. The molecule has 9 N–H and O–H groups in total. The number of hydrogen-bond donors (Lipinski definition) is 7. The van der Waals surface area contributed by atoms with Crippen molar-refractivity contribution in [1.29, 1.82) is 5.41 Å². The van der Waals surface area contributed by atoms with Gasteiger partial charge in [0.25, 0.3) is 0 Å². The summed E-state index contributed by atoms with van der Waals surface area (Å²) in [7, 11) is 0. The first-order chi connectivity index (χ1) is 22.2. The number of imidazole rings is 1. The number of anilines is 1. The average molecular weight is 629 g/mol. The summed E-state index contributed by atoms with van der Waals surface area (Å²) in [5.74, 6) is 0.252. The summed E-state index contributed by atoms with van der Waals surface area (Å²) in [6.45, 7) is 5.08. The van der Waals surface area contributed by atoms with Gasteiger partial charge in [0.1, 0.15) is 11.5 Å². The molecule has 0 spiro atoms. The molecule has 242 valence electrons. The lowest BCUT2D eigenvalue weighted by atomic mass is 9.99. The van der Waals surface area contributed by atoms with E-state index in [2.05, 4.69) is 30.6 Å². The summed E-state index contributed by atoms with van der Waals surface area (Å²) in [6.07, 6.45) is 8.16. The molecular weight excluding hydrogens is 587 g/mol. The topological polar surface area (TPSA) is 189 Å². The molecule has 12 nitrogen and oxygen atoms in total. The van der Waals surface area contributed by atoms with E-state index >= 15 is 4.39 Å². The van der Waals surface area contributed by atoms with E-state index in [1.807, 2.05) is 49.4 Å². The van der Waals surface area contributed by atoms with Crippen LogP contribution >= 0.6 is 0 Å². The summed E-state index contributed by atoms with van der Waals surface area (Å²) in [5, 5.41) is 14.1. The predicted octanol–water partition coefficient (Wildman–Crippen LogP) is 4.09. The highest BCUT2D eigenvalue weighted by molar-refractivity contribution is 5.83. The lowest BCUT2D eigenvalue weighted by Gasteiger charge is -2.19. The van der Waals surface area contributed by atoms with Gasteiger partial charge in [-0.2, -0.15) is 4.98 Å². The van der Waals surface area contributed by atoms with Crippen LogP contribution in [0, 0.1) is 18.2 Å². The molecule has 3 heterocycles. The van der Waals surface area contributed by atoms with Crippen molar-refractivity contribution in [2.75, 3.05) is 18.4 Å². The van der Waals surface area contributed by atoms with Crippen molar-refractivity contribution in [2.24, 2.45) is 11.5 Å². The molecule has 13 heteroatoms. The van der Waals surface area contributed by atoms with Crippen LogP contribution in [0.25, 0.3) is 28.0 Å². The minimum atomic E-state index is -0.451. The molecule has 5 rings (SSSR count). The highest BCUT2D eigenvalue weighted by atomic mass is 19.1. The fourth-order valence-corrected chi connectivity index (χ4v) is 5.29. The molecule has 3 aromatic heterocycles. The summed E-state index contributed by atoms with van der Waals surface area (Å²) in [4.78, 5) is 27.6. The van der Waals surface area contributed by atoms with Gasteiger partial charge in [0.05, 0.1) is 24.1 Å². The molecule has 0 unspecified atom stereocenters. The van der Waals surface area contributed by atoms with E-state index in [-0.39, 0.29) is 23.9 Å². The smallest absolute Gasteiger partial charge is 0.354 e. The number of aryl methyl sites for hydroxylation is 2. The lowest BCUT2D eigenvalue weighted by Crippen LogP contribution is -2.34. The largest absolute Gasteiger partial charge is 0.372 e. The maximum atomic E-state index is 15.3. The molecule has 5 aromatic rings. The number of nitrogens with zero attached hydrogens (tertiary/aromatic N) is 3. The molecule has 0 saturated heterocycles. The molecule has 2 atom stereocenters. The van der Waals surface area contributed by atoms with E-state index in [9.17, 15) is 4.79 Å². The Morgan fingerprint density at radius 3 is 2.70 bits per heavy atom. The first-order valence-electron chi connectivity index (χ1n) is 15.4. The fraction of sp³-hybridized carbons (Fsp3) is 0.333. The zero-order valence-electron chi connectivity index (χ0n) is 26.1. The van der Waals surface area contributed by atoms with Gasteiger partial charge < -0.3 is 36.8 Å². The minimum absolute atomic E-state index is 0.0904. The average Bonchev–Trinajstić information content (AvgIpc) is 3.69. The molecule has 0 aliphatic carbocycles. The Kier molecular flexibility index (Phi) is 10.5. The normalized spacial score (nSPS) is 12.7. The second-order valence-corrected chi connectivity index (χ2v) is 11.6. The van der Waals surface area contributed by atoms with E-state index in [0.717, 1.165) is 30.4 Å². The highest BCUT2D eigenvalue weighted by Crippen LogP contribution is 2.29. The maximum Gasteiger partial charge on any atom is 0.354 e. The van der Waals surface area contributed by atoms with Crippen molar-refractivity contribution in [3.8, 4) is 16.9 Å². The number of nitrogens with one attached hydrogen (secondary N) is 5. The Hall–Kier alpha value is -5.01. The summed E-state index contributed by atoms with van der Waals surface area (Å²) in [5.41, 5.74) is 15.4. The Bertz CT molecular complexity index is 1810. The second-order valence-electron chi connectivity index (χ2n) is 11.6. The third-order valence-corrected chi connectivity index (χ3v) is 7.71. The Morgan fingerprint density at radius 1 is 1.17 bits per heavy atom. The number of halogens is 1. The van der Waals surface area contributed by atoms with Crippen molar-refractivity contribution >= 4 is 22.9 Å². The lowest BCUT2D eigenvalue weighted by molar-refractivity contribution is 0.0444. The van der Waals surface area contributed by atoms with Crippen molar-refractivity contribution in [2.45, 2.75) is 58.3 Å². The Balaban J connectivity index is 1.29. The van der Waals surface area contributed by atoms with Crippen LogP contribution < -0.4 is 27.8 Å². The number of rotatable bonds is 15. The number of aromatic nitrogens is 5. The van der Waals surface area contributed by atoms with Gasteiger partial charge in [-0.25, -0.2) is 14.2 Å². The fourth-order valence-electron chi connectivity index (χ4n) is 5.29. The van der Waals surface area contributed by atoms with Crippen molar-refractivity contribution in [1.82, 2.24) is 29.8 Å². The Morgan fingerprint density at radius 2 is 1.98 bits per heavy atom. The van der Waals surface area contributed by atoms with Gasteiger partial charge >= 0.3 is 5.69 Å². The zero-order valence-corrected chi connectivity index (χ0v) is 26.1. The van der Waals surface area contributed by atoms with Gasteiger partial charge in [0, 0.05) is 48.7 Å². The van der Waals surface area contributed by atoms with Crippen molar-refractivity contribution < 1.29 is 9.13 Å². The monoisotopic (exact) mass is 628 g/mol. The van der Waals surface area contributed by atoms with Gasteiger partial charge in [0.2, 0.25) is 0 Å². The van der Waals surface area contributed by atoms with Gasteiger partial charge in [-0.1, -0.05) is 18.2 Å². The number of nitrogens with two attached hydrogens (primary N) is 2. The van der Waals surface area contributed by atoms with Crippen LogP contribution in [0.15, 0.2) is 65.8 Å². The SMILES string of the molecule is Cc1cc(CCC[C@H](C)N)cc(-c2cc3cn(-c4ccc(CO[C@H](CCNC(=N)N)CNc5ncc[nH]5)cc4)c(=O)nc3[nH]2)c1F. The number of ether oxygens (including phenoxy) is 1. The van der Waals surface area contributed by atoms with E-state index in [1.54, 1.807) is 25.5 Å². The third-order valence-electron chi connectivity index (χ3n) is 7.71. The third kappa shape index (κ3) is 8.37. The van der Waals surface area contributed by atoms with E-state index in [4.69, 9.17) is 21.6 Å². The van der Waals surface area contributed by atoms with Crippen LogP contribution in [0.1, 0.15) is 42.9 Å². The molecule has 0 radical (unpaired) electrons. The van der Waals surface area contributed by atoms with Gasteiger partial charge in [-0.05, 0) is 80.5 Å². The first kappa shape index (κ1) is 32.4. The van der Waals surface area contributed by atoms with Crippen molar-refractivity contribution in [3.63, 3.8) is 0 Å². The standard InChI is InChI=1S/C33H41FN10O2/c1-20-14-23(5-3-4-21(2)35)15-27(29(20)34)28-16-24-18-44(33(45)43-30(24)42-28)25-8-6-22(7-9-25)19-46-26(10-11-38-31(36)37)17-41-32-39-12-13-40-32/h6-9,12-16,18,21,26H,3-5,10-11,17,19,35H2,1-2H3,(H4,36,37,38)(H2,39,40,41)(H,42,43,45)/t21-,26+/m0/s1. The number of aromatic amines is 2. The van der Waals surface area contributed by atoms with E-state index in [1.165, 1.54) is 4.57 Å². The first-order valence-corrected chi connectivity index (χ1v) is 15.4. The second kappa shape index (κ2) is 14.8. The number of H-pyrrole nitrogens is 2. The minimum Gasteiger partial charge on any atom is -0.372 e. The van der Waals surface area contributed by atoms with Crippen molar-refractivity contribution in [3.05, 3.63) is 94.0 Å². The number of hydrogen-bond acceptors (Lipinski definition) is 7. The Labute approximate surface area is 266 Å². The van der Waals surface area contributed by atoms with Crippen LogP contribution in [0.5, 0.6) is 0 Å². The summed E-state index contributed by atoms with van der Waals surface area (Å²) < 4.78 is 22.9.